The molecule has 1 aromatic carbocycles. The van der Waals surface area contributed by atoms with Crippen LogP contribution in [-0.2, 0) is 20.9 Å². The first-order chi connectivity index (χ1) is 11.5. The molecular weight excluding hydrogens is 330 g/mol. The van der Waals surface area contributed by atoms with Gasteiger partial charge in [-0.25, -0.2) is 0 Å². The molecule has 1 heterocycles. The molecular formula is C17H22ClN3O3. The van der Waals surface area contributed by atoms with Gasteiger partial charge in [0.05, 0.1) is 0 Å². The van der Waals surface area contributed by atoms with Gasteiger partial charge in [-0.15, -0.1) is 0 Å². The van der Waals surface area contributed by atoms with Crippen molar-refractivity contribution in [3.8, 4) is 0 Å². The summed E-state index contributed by atoms with van der Waals surface area (Å²) in [4.78, 5) is 39.9. The van der Waals surface area contributed by atoms with Crippen molar-refractivity contribution in [2.24, 2.45) is 0 Å². The first-order valence-corrected chi connectivity index (χ1v) is 8.34. The predicted octanol–water partition coefficient (Wildman–Crippen LogP) is 1.38. The van der Waals surface area contributed by atoms with Gasteiger partial charge in [0.25, 0.3) is 0 Å². The number of carbonyl (C=O) groups is 3. The highest BCUT2D eigenvalue weighted by Gasteiger charge is 2.21. The summed E-state index contributed by atoms with van der Waals surface area (Å²) in [5.41, 5.74) is 0.974. The summed E-state index contributed by atoms with van der Waals surface area (Å²) in [5.74, 6) is -0.0496. The molecule has 6 nitrogen and oxygen atoms in total. The van der Waals surface area contributed by atoms with Crippen LogP contribution in [0.1, 0.15) is 18.9 Å². The molecule has 7 heteroatoms. The van der Waals surface area contributed by atoms with E-state index in [0.29, 0.717) is 44.3 Å². The van der Waals surface area contributed by atoms with Crippen LogP contribution in [0.2, 0.25) is 5.02 Å². The molecule has 0 unspecified atom stereocenters. The lowest BCUT2D eigenvalue weighted by Crippen LogP contribution is -2.48. The average Bonchev–Trinajstić information content (AvgIpc) is 2.59. The van der Waals surface area contributed by atoms with E-state index in [4.69, 9.17) is 11.6 Å². The van der Waals surface area contributed by atoms with Crippen LogP contribution in [0.5, 0.6) is 0 Å². The second kappa shape index (κ2) is 8.68. The monoisotopic (exact) mass is 351 g/mol. The topological polar surface area (TPSA) is 60.9 Å². The average molecular weight is 352 g/mol. The minimum absolute atomic E-state index is 0.0166. The number of nitrogens with zero attached hydrogens (tertiary/aromatic N) is 3. The summed E-state index contributed by atoms with van der Waals surface area (Å²) in [6.45, 7) is 4.57. The number of hydrogen-bond acceptors (Lipinski definition) is 3. The van der Waals surface area contributed by atoms with Gasteiger partial charge in [0.1, 0.15) is 0 Å². The minimum Gasteiger partial charge on any atom is -0.342 e. The molecule has 3 amide bonds. The molecule has 2 rings (SSSR count). The van der Waals surface area contributed by atoms with Gasteiger partial charge in [0, 0.05) is 57.6 Å². The minimum atomic E-state index is -0.0662. The molecule has 24 heavy (non-hydrogen) atoms. The van der Waals surface area contributed by atoms with Crippen LogP contribution in [0.3, 0.4) is 0 Å². The Morgan fingerprint density at radius 1 is 1.17 bits per heavy atom. The lowest BCUT2D eigenvalue weighted by Gasteiger charge is -2.33. The molecule has 0 aromatic heterocycles. The predicted molar refractivity (Wildman–Crippen MR) is 91.4 cm³/mol. The molecule has 0 N–H and O–H groups in total. The van der Waals surface area contributed by atoms with Crippen molar-refractivity contribution in [1.29, 1.82) is 0 Å². The first kappa shape index (κ1) is 18.3. The van der Waals surface area contributed by atoms with E-state index in [-0.39, 0.29) is 18.2 Å². The molecule has 1 saturated heterocycles. The number of benzene rings is 1. The summed E-state index contributed by atoms with van der Waals surface area (Å²) in [7, 11) is 0. The molecule has 0 radical (unpaired) electrons. The fourth-order valence-corrected chi connectivity index (χ4v) is 2.75. The largest absolute Gasteiger partial charge is 0.342 e. The molecule has 130 valence electrons. The van der Waals surface area contributed by atoms with Crippen LogP contribution in [0.4, 0.5) is 0 Å². The maximum absolute atomic E-state index is 12.3. The van der Waals surface area contributed by atoms with E-state index < -0.39 is 0 Å². The number of carbonyl (C=O) groups excluding carboxylic acids is 3. The third-order valence-electron chi connectivity index (χ3n) is 4.14. The first-order valence-electron chi connectivity index (χ1n) is 7.96. The van der Waals surface area contributed by atoms with E-state index in [9.17, 15) is 14.4 Å². The van der Waals surface area contributed by atoms with E-state index in [1.807, 2.05) is 12.1 Å². The lowest BCUT2D eigenvalue weighted by molar-refractivity contribution is -0.136. The van der Waals surface area contributed by atoms with Crippen LogP contribution < -0.4 is 0 Å². The highest BCUT2D eigenvalue weighted by atomic mass is 35.5. The Hall–Kier alpha value is -2.08. The Balaban J connectivity index is 1.84. The van der Waals surface area contributed by atoms with E-state index in [1.54, 1.807) is 26.8 Å². The van der Waals surface area contributed by atoms with Crippen molar-refractivity contribution < 1.29 is 14.4 Å². The maximum Gasteiger partial charge on any atom is 0.224 e. The van der Waals surface area contributed by atoms with Gasteiger partial charge in [-0.05, 0) is 17.7 Å². The molecule has 1 aliphatic rings. The number of rotatable bonds is 6. The fourth-order valence-electron chi connectivity index (χ4n) is 2.62. The second-order valence-electron chi connectivity index (χ2n) is 5.84. The summed E-state index contributed by atoms with van der Waals surface area (Å²) in [6, 6.07) is 7.32. The smallest absolute Gasteiger partial charge is 0.224 e. The standard InChI is InChI=1S/C17H22ClN3O3/c1-14(23)21(12-15-2-4-16(18)5-3-15)7-6-17(24)20-10-8-19(13-22)9-11-20/h2-5,13H,6-12H2,1H3. The van der Waals surface area contributed by atoms with Crippen LogP contribution in [0.25, 0.3) is 0 Å². The zero-order valence-electron chi connectivity index (χ0n) is 13.8. The van der Waals surface area contributed by atoms with Crippen LogP contribution in [0, 0.1) is 0 Å². The van der Waals surface area contributed by atoms with Crippen LogP contribution in [-0.4, -0.2) is 65.6 Å². The normalized spacial score (nSPS) is 14.4. The quantitative estimate of drug-likeness (QED) is 0.727. The van der Waals surface area contributed by atoms with Crippen molar-refractivity contribution in [3.63, 3.8) is 0 Å². The lowest BCUT2D eigenvalue weighted by atomic mass is 10.2. The van der Waals surface area contributed by atoms with Gasteiger partial charge < -0.3 is 14.7 Å². The zero-order chi connectivity index (χ0) is 17.5. The van der Waals surface area contributed by atoms with E-state index >= 15 is 0 Å². The van der Waals surface area contributed by atoms with Crippen molar-refractivity contribution in [3.05, 3.63) is 34.9 Å². The molecule has 0 aliphatic carbocycles. The summed E-state index contributed by atoms with van der Waals surface area (Å²) in [6.07, 6.45) is 1.10. The molecule has 0 spiro atoms. The molecule has 1 fully saturated rings. The van der Waals surface area contributed by atoms with Gasteiger partial charge >= 0.3 is 0 Å². The number of hydrogen-bond donors (Lipinski definition) is 0. The summed E-state index contributed by atoms with van der Waals surface area (Å²) >= 11 is 5.86. The van der Waals surface area contributed by atoms with Crippen molar-refractivity contribution in [1.82, 2.24) is 14.7 Å². The third kappa shape index (κ3) is 5.23. The molecule has 0 bridgehead atoms. The Labute approximate surface area is 147 Å². The number of halogens is 1. The Morgan fingerprint density at radius 3 is 2.33 bits per heavy atom. The van der Waals surface area contributed by atoms with Crippen molar-refractivity contribution >= 4 is 29.8 Å². The summed E-state index contributed by atoms with van der Waals surface area (Å²) < 4.78 is 0. The Kier molecular flexibility index (Phi) is 6.61. The van der Waals surface area contributed by atoms with Gasteiger partial charge in [0.2, 0.25) is 18.2 Å². The van der Waals surface area contributed by atoms with Gasteiger partial charge in [-0.3, -0.25) is 14.4 Å². The van der Waals surface area contributed by atoms with Gasteiger partial charge in [0.15, 0.2) is 0 Å². The van der Waals surface area contributed by atoms with Gasteiger partial charge in [-0.2, -0.15) is 0 Å². The highest BCUT2D eigenvalue weighted by Crippen LogP contribution is 2.12. The molecule has 0 saturated carbocycles. The van der Waals surface area contributed by atoms with Crippen molar-refractivity contribution in [2.75, 3.05) is 32.7 Å². The van der Waals surface area contributed by atoms with Crippen molar-refractivity contribution in [2.45, 2.75) is 19.9 Å². The van der Waals surface area contributed by atoms with E-state index in [1.165, 1.54) is 6.92 Å². The summed E-state index contributed by atoms with van der Waals surface area (Å²) in [5, 5.41) is 0.651. The number of piperazine rings is 1. The van der Waals surface area contributed by atoms with Crippen LogP contribution >= 0.6 is 11.6 Å². The number of amides is 3. The second-order valence-corrected chi connectivity index (χ2v) is 6.28. The molecule has 0 atom stereocenters. The van der Waals surface area contributed by atoms with E-state index in [2.05, 4.69) is 0 Å². The van der Waals surface area contributed by atoms with E-state index in [0.717, 1.165) is 12.0 Å². The Morgan fingerprint density at radius 2 is 1.79 bits per heavy atom. The SMILES string of the molecule is CC(=O)N(CCC(=O)N1CCN(C=O)CC1)Cc1ccc(Cl)cc1. The highest BCUT2D eigenvalue weighted by molar-refractivity contribution is 6.30. The Bertz CT molecular complexity index is 583. The third-order valence-corrected chi connectivity index (χ3v) is 4.40. The zero-order valence-corrected chi connectivity index (χ0v) is 14.5. The van der Waals surface area contributed by atoms with Crippen LogP contribution in [0.15, 0.2) is 24.3 Å². The maximum atomic E-state index is 12.3. The molecule has 1 aliphatic heterocycles. The fraction of sp³-hybridized carbons (Fsp3) is 0.471. The van der Waals surface area contributed by atoms with Gasteiger partial charge in [-0.1, -0.05) is 23.7 Å². The molecule has 1 aromatic rings.